The number of benzene rings is 3. The van der Waals surface area contributed by atoms with Crippen molar-refractivity contribution in [2.45, 2.75) is 111 Å². The van der Waals surface area contributed by atoms with E-state index in [1.54, 1.807) is 62.3 Å². The minimum atomic E-state index is -4.27. The molecule has 0 bridgehead atoms. The number of likely N-dealkylation sites (N-methyl/N-ethyl adjacent to an activating group) is 2. The lowest BCUT2D eigenvalue weighted by Gasteiger charge is -2.30. The van der Waals surface area contributed by atoms with Gasteiger partial charge in [0.05, 0.1) is 34.0 Å². The number of rotatable bonds is 26. The number of hydrogen-bond acceptors (Lipinski definition) is 14. The monoisotopic (exact) mass is 1140 g/mol. The molecule has 5 aromatic rings. The zero-order chi connectivity index (χ0) is 57.7. The second-order valence-corrected chi connectivity index (χ2v) is 23.3. The van der Waals surface area contributed by atoms with E-state index in [0.717, 1.165) is 24.3 Å². The number of amides is 4. The summed E-state index contributed by atoms with van der Waals surface area (Å²) in [5.74, 6) is -3.46. The fourth-order valence-corrected chi connectivity index (χ4v) is 11.7. The van der Waals surface area contributed by atoms with E-state index in [2.05, 4.69) is 40.7 Å². The smallest absolute Gasteiger partial charge is 0.245 e. The van der Waals surface area contributed by atoms with Crippen molar-refractivity contribution >= 4 is 55.2 Å². The Bertz CT molecular complexity index is 3270. The van der Waals surface area contributed by atoms with E-state index in [1.165, 1.54) is 60.9 Å². The Morgan fingerprint density at radius 2 is 0.950 bits per heavy atom. The Morgan fingerprint density at radius 1 is 0.550 bits per heavy atom. The van der Waals surface area contributed by atoms with E-state index in [1.807, 2.05) is 0 Å². The summed E-state index contributed by atoms with van der Waals surface area (Å²) in [6.07, 6.45) is 8.85. The molecule has 20 nitrogen and oxygen atoms in total. The second-order valence-electron chi connectivity index (χ2n) is 19.8. The summed E-state index contributed by atoms with van der Waals surface area (Å²) < 4.78 is 86.0. The van der Waals surface area contributed by atoms with Crippen molar-refractivity contribution in [2.75, 3.05) is 40.3 Å². The molecule has 2 fully saturated rings. The third-order valence-corrected chi connectivity index (χ3v) is 17.3. The lowest BCUT2D eigenvalue weighted by Crippen LogP contribution is -2.53. The molecule has 7 rings (SSSR count). The number of aromatic nitrogens is 2. The van der Waals surface area contributed by atoms with Crippen LogP contribution in [0.1, 0.15) is 120 Å². The number of sulfonamides is 2. The summed E-state index contributed by atoms with van der Waals surface area (Å²) in [5, 5.41) is 11.3. The van der Waals surface area contributed by atoms with Crippen molar-refractivity contribution in [1.82, 2.24) is 50.5 Å². The minimum absolute atomic E-state index is 0.0548. The minimum Gasteiger partial charge on any atom is -0.343 e. The SMILES string of the molecule is CN[C@@H](C)C(=O)N[C@@H](CCCCNS(=O)(=O)c1ccc(S(=O)(=O)NCC[C@H](NC(=O)[C@H](C)NC)C(=O)N2CCC[C@H]2c2cncc(C(=O)c3ccc(F)cc3)c2)cc1)C(=O)N1CCC[C@H]1c1cncc(C(=O)c2ccc(F)cc2)c1. The Morgan fingerprint density at radius 3 is 1.36 bits per heavy atom. The maximum Gasteiger partial charge on any atom is 0.245 e. The summed E-state index contributed by atoms with van der Waals surface area (Å²) in [5.41, 5.74) is 2.24. The predicted molar refractivity (Wildman–Crippen MR) is 292 cm³/mol. The highest BCUT2D eigenvalue weighted by atomic mass is 32.2. The van der Waals surface area contributed by atoms with Crippen LogP contribution in [0.25, 0.3) is 0 Å². The normalized spacial score (nSPS) is 17.1. The summed E-state index contributed by atoms with van der Waals surface area (Å²) in [6, 6.07) is 13.6. The average Bonchev–Trinajstić information content (AvgIpc) is 4.23. The van der Waals surface area contributed by atoms with Crippen LogP contribution in [0.2, 0.25) is 0 Å². The van der Waals surface area contributed by atoms with Crippen LogP contribution in [0.3, 0.4) is 0 Å². The third kappa shape index (κ3) is 15.2. The van der Waals surface area contributed by atoms with Gasteiger partial charge in [-0.1, -0.05) is 0 Å². The molecule has 2 aliphatic rings. The van der Waals surface area contributed by atoms with Gasteiger partial charge in [0.15, 0.2) is 11.6 Å². The first-order valence-electron chi connectivity index (χ1n) is 26.4. The van der Waals surface area contributed by atoms with E-state index in [-0.39, 0.29) is 81.9 Å². The second kappa shape index (κ2) is 27.3. The Balaban J connectivity index is 0.939. The van der Waals surface area contributed by atoms with Crippen molar-refractivity contribution in [2.24, 2.45) is 0 Å². The quantitative estimate of drug-likeness (QED) is 0.0334. The number of ketones is 2. The van der Waals surface area contributed by atoms with E-state index in [0.29, 0.717) is 56.3 Å². The Kier molecular flexibility index (Phi) is 20.6. The highest BCUT2D eigenvalue weighted by Gasteiger charge is 2.37. The molecule has 2 saturated heterocycles. The number of hydrogen-bond donors (Lipinski definition) is 6. The Hall–Kier alpha value is -7.22. The number of likely N-dealkylation sites (tertiary alicyclic amines) is 2. The number of carbonyl (C=O) groups is 6. The fourth-order valence-electron chi connectivity index (χ4n) is 9.57. The molecular weight excluding hydrogens is 1070 g/mol. The molecule has 4 amide bonds. The van der Waals surface area contributed by atoms with Crippen molar-refractivity contribution in [3.63, 3.8) is 0 Å². The largest absolute Gasteiger partial charge is 0.343 e. The van der Waals surface area contributed by atoms with Crippen molar-refractivity contribution in [3.8, 4) is 0 Å². The van der Waals surface area contributed by atoms with Crippen molar-refractivity contribution < 1.29 is 54.4 Å². The molecule has 6 N–H and O–H groups in total. The van der Waals surface area contributed by atoms with Crippen LogP contribution in [0.5, 0.6) is 0 Å². The van der Waals surface area contributed by atoms with Crippen molar-refractivity contribution in [1.29, 1.82) is 0 Å². The molecule has 2 aliphatic heterocycles. The van der Waals surface area contributed by atoms with Gasteiger partial charge < -0.3 is 31.1 Å². The molecule has 6 atom stereocenters. The molecule has 0 radical (unpaired) electrons. The first kappa shape index (κ1) is 60.4. The van der Waals surface area contributed by atoms with E-state index < -0.39 is 85.7 Å². The van der Waals surface area contributed by atoms with Crippen LogP contribution in [-0.2, 0) is 39.2 Å². The van der Waals surface area contributed by atoms with Gasteiger partial charge in [0.1, 0.15) is 23.7 Å². The van der Waals surface area contributed by atoms with E-state index in [9.17, 15) is 54.4 Å². The van der Waals surface area contributed by atoms with Crippen LogP contribution in [-0.4, -0.2) is 136 Å². The number of nitrogens with zero attached hydrogens (tertiary/aromatic N) is 4. The lowest BCUT2D eigenvalue weighted by atomic mass is 9.99. The number of carbonyl (C=O) groups excluding carboxylic acids is 6. The molecule has 3 aromatic carbocycles. The zero-order valence-corrected chi connectivity index (χ0v) is 46.4. The summed E-state index contributed by atoms with van der Waals surface area (Å²) in [7, 11) is -5.24. The van der Waals surface area contributed by atoms with Crippen LogP contribution in [0, 0.1) is 11.6 Å². The van der Waals surface area contributed by atoms with Crippen LogP contribution in [0.15, 0.2) is 120 Å². The first-order valence-corrected chi connectivity index (χ1v) is 29.3. The molecule has 24 heteroatoms. The molecule has 80 heavy (non-hydrogen) atoms. The fraction of sp³-hybridized carbons (Fsp3) is 0.393. The van der Waals surface area contributed by atoms with Gasteiger partial charge in [0.25, 0.3) is 0 Å². The summed E-state index contributed by atoms with van der Waals surface area (Å²) >= 11 is 0. The van der Waals surface area contributed by atoms with Gasteiger partial charge in [-0.05, 0) is 175 Å². The molecule has 2 aromatic heterocycles. The van der Waals surface area contributed by atoms with Gasteiger partial charge in [-0.2, -0.15) is 0 Å². The third-order valence-electron chi connectivity index (χ3n) is 14.4. The number of pyridine rings is 2. The van der Waals surface area contributed by atoms with Gasteiger partial charge in [-0.15, -0.1) is 0 Å². The molecule has 0 aliphatic carbocycles. The Labute approximate surface area is 464 Å². The average molecular weight is 1140 g/mol. The highest BCUT2D eigenvalue weighted by molar-refractivity contribution is 7.90. The van der Waals surface area contributed by atoms with Crippen LogP contribution < -0.4 is 30.7 Å². The number of halogens is 2. The number of nitrogens with one attached hydrogen (secondary N) is 6. The van der Waals surface area contributed by atoms with Crippen LogP contribution >= 0.6 is 0 Å². The molecular formula is C56H66F2N10O10S2. The topological polar surface area (TPSA) is 275 Å². The van der Waals surface area contributed by atoms with Gasteiger partial charge >= 0.3 is 0 Å². The highest BCUT2D eigenvalue weighted by Crippen LogP contribution is 2.35. The van der Waals surface area contributed by atoms with Gasteiger partial charge in [0.2, 0.25) is 43.7 Å². The lowest BCUT2D eigenvalue weighted by molar-refractivity contribution is -0.138. The standard InChI is InChI=1S/C56H66F2N10O10S2/c1-35(59-3)53(71)65-47(55(73)67-27-7-10-49(67)39-29-41(33-61-31-39)51(69)37-12-16-43(57)17-13-37)9-5-6-25-63-79(75,76)45-20-22-46(23-21-45)80(77,78)64-26-24-48(66-54(72)36(2)60-4)56(74)68-28-8-11-50(68)40-30-42(34-62-32-40)52(70)38-14-18-44(58)19-15-38/h12-23,29-36,47-50,59-60,63-64H,5-11,24-28H2,1-4H3,(H,65,71)(H,66,72)/t35-,36-,47-,48-,49-,50-/m0/s1. The number of unbranched alkanes of at least 4 members (excludes halogenated alkanes) is 1. The maximum atomic E-state index is 14.3. The molecule has 4 heterocycles. The molecule has 0 unspecified atom stereocenters. The van der Waals surface area contributed by atoms with Gasteiger partial charge in [-0.3, -0.25) is 38.7 Å². The maximum absolute atomic E-state index is 14.3. The zero-order valence-electron chi connectivity index (χ0n) is 44.8. The summed E-state index contributed by atoms with van der Waals surface area (Å²) in [4.78, 5) is 92.6. The van der Waals surface area contributed by atoms with E-state index in [4.69, 9.17) is 0 Å². The summed E-state index contributed by atoms with van der Waals surface area (Å²) in [6.45, 7) is 3.58. The first-order chi connectivity index (χ1) is 38.2. The van der Waals surface area contributed by atoms with E-state index >= 15 is 0 Å². The van der Waals surface area contributed by atoms with Crippen LogP contribution in [0.4, 0.5) is 8.78 Å². The van der Waals surface area contributed by atoms with Gasteiger partial charge in [0, 0.05) is 73.2 Å². The molecule has 0 spiro atoms. The molecule has 0 saturated carbocycles. The predicted octanol–water partition coefficient (Wildman–Crippen LogP) is 4.25. The van der Waals surface area contributed by atoms with Gasteiger partial charge in [-0.25, -0.2) is 35.1 Å². The molecule has 426 valence electrons. The van der Waals surface area contributed by atoms with Crippen molar-refractivity contribution in [3.05, 3.63) is 155 Å².